The summed E-state index contributed by atoms with van der Waals surface area (Å²) in [5, 5.41) is 0. The molecule has 1 aliphatic rings. The third-order valence-corrected chi connectivity index (χ3v) is 3.88. The Morgan fingerprint density at radius 1 is 1.53 bits per heavy atom. The summed E-state index contributed by atoms with van der Waals surface area (Å²) < 4.78 is 1.14. The highest BCUT2D eigenvalue weighted by Crippen LogP contribution is 2.38. The lowest BCUT2D eigenvalue weighted by Gasteiger charge is -2.38. The summed E-state index contributed by atoms with van der Waals surface area (Å²) in [6.45, 7) is 3.00. The highest BCUT2D eigenvalue weighted by Gasteiger charge is 2.26. The van der Waals surface area contributed by atoms with Gasteiger partial charge in [0.2, 0.25) is 0 Å². The molecular formula is C12H17BrN2. The summed E-state index contributed by atoms with van der Waals surface area (Å²) in [5.74, 6) is 0.513. The minimum Gasteiger partial charge on any atom is -0.372 e. The van der Waals surface area contributed by atoms with Crippen molar-refractivity contribution in [2.24, 2.45) is 5.73 Å². The molecule has 0 amide bonds. The molecule has 1 aromatic rings. The van der Waals surface area contributed by atoms with E-state index in [1.165, 1.54) is 11.3 Å². The van der Waals surface area contributed by atoms with Crippen molar-refractivity contribution in [2.45, 2.75) is 25.3 Å². The molecule has 1 aliphatic heterocycles. The topological polar surface area (TPSA) is 29.3 Å². The van der Waals surface area contributed by atoms with Crippen LogP contribution in [0.2, 0.25) is 0 Å². The van der Waals surface area contributed by atoms with E-state index in [4.69, 9.17) is 5.73 Å². The van der Waals surface area contributed by atoms with E-state index in [0.29, 0.717) is 12.0 Å². The number of benzene rings is 1. The number of nitrogens with zero attached hydrogens (tertiary/aromatic N) is 1. The SMILES string of the molecule is CC1CC(CN)c2ccc(Br)cc2N1C. The van der Waals surface area contributed by atoms with Crippen molar-refractivity contribution in [3.05, 3.63) is 28.2 Å². The van der Waals surface area contributed by atoms with Crippen molar-refractivity contribution in [3.8, 4) is 0 Å². The minimum absolute atomic E-state index is 0.513. The minimum atomic E-state index is 0.513. The summed E-state index contributed by atoms with van der Waals surface area (Å²) >= 11 is 3.52. The predicted octanol–water partition coefficient (Wildman–Crippen LogP) is 2.72. The van der Waals surface area contributed by atoms with E-state index in [2.05, 4.69) is 53.0 Å². The molecule has 3 heteroatoms. The second-order valence-corrected chi connectivity index (χ2v) is 5.25. The Bertz CT molecular complexity index is 365. The monoisotopic (exact) mass is 268 g/mol. The highest BCUT2D eigenvalue weighted by molar-refractivity contribution is 9.10. The number of hydrogen-bond acceptors (Lipinski definition) is 2. The molecule has 0 aromatic heterocycles. The first-order valence-electron chi connectivity index (χ1n) is 5.36. The van der Waals surface area contributed by atoms with Crippen molar-refractivity contribution in [3.63, 3.8) is 0 Å². The molecule has 0 saturated heterocycles. The largest absolute Gasteiger partial charge is 0.372 e. The molecule has 0 bridgehead atoms. The summed E-state index contributed by atoms with van der Waals surface area (Å²) in [6, 6.07) is 7.05. The average Bonchev–Trinajstić information content (AvgIpc) is 2.23. The highest BCUT2D eigenvalue weighted by atomic mass is 79.9. The molecule has 0 spiro atoms. The Balaban J connectivity index is 2.48. The van der Waals surface area contributed by atoms with Gasteiger partial charge < -0.3 is 10.6 Å². The lowest BCUT2D eigenvalue weighted by molar-refractivity contribution is 0.512. The van der Waals surface area contributed by atoms with Crippen LogP contribution in [0.15, 0.2) is 22.7 Å². The second-order valence-electron chi connectivity index (χ2n) is 4.33. The van der Waals surface area contributed by atoms with Crippen LogP contribution >= 0.6 is 15.9 Å². The zero-order valence-corrected chi connectivity index (χ0v) is 10.8. The zero-order chi connectivity index (χ0) is 11.0. The third kappa shape index (κ3) is 1.91. The number of fused-ring (bicyclic) bond motifs is 1. The number of halogens is 1. The van der Waals surface area contributed by atoms with Crippen LogP contribution in [0, 0.1) is 0 Å². The Morgan fingerprint density at radius 2 is 2.27 bits per heavy atom. The summed E-state index contributed by atoms with van der Waals surface area (Å²) in [4.78, 5) is 2.34. The number of anilines is 1. The maximum atomic E-state index is 5.83. The quantitative estimate of drug-likeness (QED) is 0.849. The van der Waals surface area contributed by atoms with Crippen molar-refractivity contribution >= 4 is 21.6 Å². The molecule has 0 fully saturated rings. The van der Waals surface area contributed by atoms with Crippen molar-refractivity contribution in [1.82, 2.24) is 0 Å². The average molecular weight is 269 g/mol. The van der Waals surface area contributed by atoms with Gasteiger partial charge in [0, 0.05) is 29.2 Å². The van der Waals surface area contributed by atoms with E-state index in [-0.39, 0.29) is 0 Å². The van der Waals surface area contributed by atoms with Gasteiger partial charge in [-0.15, -0.1) is 0 Å². The van der Waals surface area contributed by atoms with Gasteiger partial charge in [-0.3, -0.25) is 0 Å². The van der Waals surface area contributed by atoms with Crippen LogP contribution in [0.25, 0.3) is 0 Å². The summed E-state index contributed by atoms with van der Waals surface area (Å²) in [5.41, 5.74) is 8.54. The van der Waals surface area contributed by atoms with Crippen LogP contribution in [-0.2, 0) is 0 Å². The molecule has 2 atom stereocenters. The summed E-state index contributed by atoms with van der Waals surface area (Å²) in [6.07, 6.45) is 1.15. The van der Waals surface area contributed by atoms with Gasteiger partial charge >= 0.3 is 0 Å². The van der Waals surface area contributed by atoms with E-state index in [1.807, 2.05) is 0 Å². The molecular weight excluding hydrogens is 252 g/mol. The fraction of sp³-hybridized carbons (Fsp3) is 0.500. The normalized spacial score (nSPS) is 25.2. The van der Waals surface area contributed by atoms with E-state index >= 15 is 0 Å². The van der Waals surface area contributed by atoms with Crippen LogP contribution < -0.4 is 10.6 Å². The van der Waals surface area contributed by atoms with Crippen LogP contribution in [0.5, 0.6) is 0 Å². The number of rotatable bonds is 1. The standard InChI is InChI=1S/C12H17BrN2/c1-8-5-9(7-14)11-4-3-10(13)6-12(11)15(8)2/h3-4,6,8-9H,5,7,14H2,1-2H3. The van der Waals surface area contributed by atoms with Crippen LogP contribution in [-0.4, -0.2) is 19.6 Å². The second kappa shape index (κ2) is 4.14. The Morgan fingerprint density at radius 3 is 2.93 bits per heavy atom. The molecule has 1 heterocycles. The Hall–Kier alpha value is -0.540. The predicted molar refractivity (Wildman–Crippen MR) is 68.4 cm³/mol. The van der Waals surface area contributed by atoms with Crippen LogP contribution in [0.3, 0.4) is 0 Å². The first-order valence-corrected chi connectivity index (χ1v) is 6.15. The molecule has 82 valence electrons. The van der Waals surface area contributed by atoms with Gasteiger partial charge in [0.05, 0.1) is 0 Å². The van der Waals surface area contributed by atoms with E-state index in [1.54, 1.807) is 0 Å². The maximum absolute atomic E-state index is 5.83. The van der Waals surface area contributed by atoms with Gasteiger partial charge in [0.15, 0.2) is 0 Å². The van der Waals surface area contributed by atoms with Gasteiger partial charge in [0.25, 0.3) is 0 Å². The van der Waals surface area contributed by atoms with E-state index < -0.39 is 0 Å². The maximum Gasteiger partial charge on any atom is 0.0413 e. The molecule has 0 saturated carbocycles. The van der Waals surface area contributed by atoms with Crippen molar-refractivity contribution in [1.29, 1.82) is 0 Å². The van der Waals surface area contributed by atoms with Gasteiger partial charge in [-0.1, -0.05) is 22.0 Å². The van der Waals surface area contributed by atoms with Gasteiger partial charge in [-0.25, -0.2) is 0 Å². The first kappa shape index (κ1) is 11.0. The molecule has 2 nitrogen and oxygen atoms in total. The van der Waals surface area contributed by atoms with Gasteiger partial charge in [-0.2, -0.15) is 0 Å². The molecule has 0 aliphatic carbocycles. The van der Waals surface area contributed by atoms with E-state index in [0.717, 1.165) is 17.4 Å². The first-order chi connectivity index (χ1) is 7.13. The molecule has 2 N–H and O–H groups in total. The Kier molecular flexibility index (Phi) is 3.03. The lowest BCUT2D eigenvalue weighted by atomic mass is 9.86. The van der Waals surface area contributed by atoms with Crippen LogP contribution in [0.4, 0.5) is 5.69 Å². The van der Waals surface area contributed by atoms with E-state index in [9.17, 15) is 0 Å². The van der Waals surface area contributed by atoms with Crippen LogP contribution in [0.1, 0.15) is 24.8 Å². The molecule has 15 heavy (non-hydrogen) atoms. The smallest absolute Gasteiger partial charge is 0.0413 e. The van der Waals surface area contributed by atoms with Crippen molar-refractivity contribution in [2.75, 3.05) is 18.5 Å². The zero-order valence-electron chi connectivity index (χ0n) is 9.20. The fourth-order valence-corrected chi connectivity index (χ4v) is 2.67. The fourth-order valence-electron chi connectivity index (χ4n) is 2.32. The lowest BCUT2D eigenvalue weighted by Crippen LogP contribution is -2.37. The molecule has 0 radical (unpaired) electrons. The van der Waals surface area contributed by atoms with Gasteiger partial charge in [0.1, 0.15) is 0 Å². The molecule has 2 rings (SSSR count). The van der Waals surface area contributed by atoms with Gasteiger partial charge in [-0.05, 0) is 37.6 Å². The van der Waals surface area contributed by atoms with Crippen molar-refractivity contribution < 1.29 is 0 Å². The molecule has 1 aromatic carbocycles. The number of nitrogens with two attached hydrogens (primary N) is 1. The molecule has 2 unspecified atom stereocenters. The Labute approximate surface area is 99.6 Å². The number of hydrogen-bond donors (Lipinski definition) is 1. The third-order valence-electron chi connectivity index (χ3n) is 3.38. The summed E-state index contributed by atoms with van der Waals surface area (Å²) in [7, 11) is 2.16.